The number of rotatable bonds is 2. The van der Waals surface area contributed by atoms with Gasteiger partial charge in [0.15, 0.2) is 23.3 Å². The van der Waals surface area contributed by atoms with Gasteiger partial charge in [-0.2, -0.15) is 0 Å². The van der Waals surface area contributed by atoms with Gasteiger partial charge in [-0.25, -0.2) is 13.8 Å². The zero-order valence-electron chi connectivity index (χ0n) is 10.1. The maximum atomic E-state index is 13.7. The fourth-order valence-electron chi connectivity index (χ4n) is 1.91. The molecule has 0 aromatic carbocycles. The van der Waals surface area contributed by atoms with Crippen LogP contribution in [0.15, 0.2) is 6.07 Å². The fourth-order valence-corrected chi connectivity index (χ4v) is 1.91. The van der Waals surface area contributed by atoms with Gasteiger partial charge in [-0.3, -0.25) is 4.79 Å². The Bertz CT molecular complexity index is 480. The molecule has 1 saturated heterocycles. The number of carbonyl (C=O) groups is 1. The molecule has 7 heteroatoms. The van der Waals surface area contributed by atoms with Crippen LogP contribution in [0.25, 0.3) is 0 Å². The largest absolute Gasteiger partial charge is 0.371 e. The highest BCUT2D eigenvalue weighted by Gasteiger charge is 2.29. The molecule has 1 aliphatic rings. The van der Waals surface area contributed by atoms with Gasteiger partial charge >= 0.3 is 0 Å². The number of anilines is 2. The minimum atomic E-state index is -0.770. The summed E-state index contributed by atoms with van der Waals surface area (Å²) in [5.74, 6) is -1.77. The molecule has 1 fully saturated rings. The van der Waals surface area contributed by atoms with Gasteiger partial charge in [0.2, 0.25) is 5.91 Å². The van der Waals surface area contributed by atoms with Gasteiger partial charge in [-0.1, -0.05) is 0 Å². The van der Waals surface area contributed by atoms with Gasteiger partial charge in [-0.05, 0) is 6.92 Å². The first-order valence-electron chi connectivity index (χ1n) is 5.62. The van der Waals surface area contributed by atoms with Crippen molar-refractivity contribution in [3.05, 3.63) is 17.7 Å². The second-order valence-corrected chi connectivity index (χ2v) is 4.03. The van der Waals surface area contributed by atoms with Crippen molar-refractivity contribution in [2.45, 2.75) is 13.0 Å². The Morgan fingerprint density at radius 1 is 1.50 bits per heavy atom. The summed E-state index contributed by atoms with van der Waals surface area (Å²) in [4.78, 5) is 16.9. The van der Waals surface area contributed by atoms with E-state index >= 15 is 0 Å². The molecule has 0 radical (unpaired) electrons. The van der Waals surface area contributed by atoms with Crippen molar-refractivity contribution < 1.29 is 13.6 Å². The van der Waals surface area contributed by atoms with Gasteiger partial charge in [0.25, 0.3) is 0 Å². The summed E-state index contributed by atoms with van der Waals surface area (Å²) in [6, 6.07) is 0.240. The van der Waals surface area contributed by atoms with E-state index in [1.54, 1.807) is 6.92 Å². The number of nitrogens with one attached hydrogen (secondary N) is 2. The van der Waals surface area contributed by atoms with Gasteiger partial charge in [0.05, 0.1) is 0 Å². The third kappa shape index (κ3) is 2.07. The van der Waals surface area contributed by atoms with Crippen LogP contribution in [-0.2, 0) is 4.79 Å². The van der Waals surface area contributed by atoms with Crippen molar-refractivity contribution >= 4 is 17.5 Å². The second kappa shape index (κ2) is 4.75. The molecule has 98 valence electrons. The Balaban J connectivity index is 2.40. The van der Waals surface area contributed by atoms with Gasteiger partial charge in [0, 0.05) is 26.2 Å². The van der Waals surface area contributed by atoms with Crippen LogP contribution in [0.1, 0.15) is 6.92 Å². The lowest BCUT2D eigenvalue weighted by molar-refractivity contribution is -0.122. The Labute approximate surface area is 103 Å². The lowest BCUT2D eigenvalue weighted by Gasteiger charge is -2.34. The second-order valence-electron chi connectivity index (χ2n) is 4.03. The molecular weight excluding hydrogens is 242 g/mol. The van der Waals surface area contributed by atoms with Crippen molar-refractivity contribution in [2.75, 3.05) is 30.4 Å². The minimum absolute atomic E-state index is 0.0110. The number of carbonyl (C=O) groups excluding carboxylic acids is 1. The molecule has 1 aromatic heterocycles. The first-order chi connectivity index (χ1) is 8.54. The standard InChI is InChI=1S/C11H14F2N4O/c1-6-11(18)15-3-4-17(6)10-8(13)5-7(12)9(14-2)16-10/h5-6H,3-4H2,1-2H3,(H,14,16)(H,15,18). The number of nitrogens with zero attached hydrogens (tertiary/aromatic N) is 2. The number of aromatic nitrogens is 1. The Morgan fingerprint density at radius 3 is 2.89 bits per heavy atom. The first kappa shape index (κ1) is 12.5. The first-order valence-corrected chi connectivity index (χ1v) is 5.62. The molecule has 5 nitrogen and oxygen atoms in total. The van der Waals surface area contributed by atoms with Gasteiger partial charge in [-0.15, -0.1) is 0 Å². The third-order valence-electron chi connectivity index (χ3n) is 2.92. The van der Waals surface area contributed by atoms with E-state index in [4.69, 9.17) is 0 Å². The molecule has 2 heterocycles. The predicted molar refractivity (Wildman–Crippen MR) is 63.5 cm³/mol. The van der Waals surface area contributed by atoms with E-state index in [0.29, 0.717) is 13.1 Å². The van der Waals surface area contributed by atoms with Crippen molar-refractivity contribution in [1.82, 2.24) is 10.3 Å². The molecule has 1 aromatic rings. The van der Waals surface area contributed by atoms with E-state index in [2.05, 4.69) is 15.6 Å². The number of pyridine rings is 1. The molecule has 2 rings (SSSR count). The van der Waals surface area contributed by atoms with Crippen molar-refractivity contribution in [3.8, 4) is 0 Å². The molecular formula is C11H14F2N4O. The van der Waals surface area contributed by atoms with Crippen molar-refractivity contribution in [2.24, 2.45) is 0 Å². The van der Waals surface area contributed by atoms with Crippen LogP contribution >= 0.6 is 0 Å². The van der Waals surface area contributed by atoms with Crippen LogP contribution in [-0.4, -0.2) is 37.1 Å². The highest BCUT2D eigenvalue weighted by atomic mass is 19.1. The van der Waals surface area contributed by atoms with E-state index in [1.807, 2.05) is 0 Å². The van der Waals surface area contributed by atoms with Crippen LogP contribution in [0.4, 0.5) is 20.4 Å². The highest BCUT2D eigenvalue weighted by molar-refractivity contribution is 5.85. The molecule has 1 atom stereocenters. The lowest BCUT2D eigenvalue weighted by atomic mass is 10.2. The lowest BCUT2D eigenvalue weighted by Crippen LogP contribution is -2.54. The van der Waals surface area contributed by atoms with Crippen LogP contribution in [0.3, 0.4) is 0 Å². The summed E-state index contributed by atoms with van der Waals surface area (Å²) < 4.78 is 27.1. The quantitative estimate of drug-likeness (QED) is 0.819. The van der Waals surface area contributed by atoms with E-state index < -0.39 is 17.7 Å². The van der Waals surface area contributed by atoms with E-state index in [1.165, 1.54) is 11.9 Å². The van der Waals surface area contributed by atoms with Gasteiger partial charge < -0.3 is 15.5 Å². The summed E-state index contributed by atoms with van der Waals surface area (Å²) in [6.07, 6.45) is 0. The van der Waals surface area contributed by atoms with E-state index in [9.17, 15) is 13.6 Å². The van der Waals surface area contributed by atoms with Crippen molar-refractivity contribution in [1.29, 1.82) is 0 Å². The Morgan fingerprint density at radius 2 is 2.22 bits per heavy atom. The average molecular weight is 256 g/mol. The van der Waals surface area contributed by atoms with Crippen LogP contribution in [0.5, 0.6) is 0 Å². The number of piperazine rings is 1. The highest BCUT2D eigenvalue weighted by Crippen LogP contribution is 2.24. The zero-order chi connectivity index (χ0) is 13.3. The fraction of sp³-hybridized carbons (Fsp3) is 0.455. The molecule has 1 aliphatic heterocycles. The third-order valence-corrected chi connectivity index (χ3v) is 2.92. The smallest absolute Gasteiger partial charge is 0.242 e. The SMILES string of the molecule is CNc1nc(N2CCNC(=O)C2C)c(F)cc1F. The Hall–Kier alpha value is -1.92. The summed E-state index contributed by atoms with van der Waals surface area (Å²) in [6.45, 7) is 2.50. The number of halogens is 2. The summed E-state index contributed by atoms with van der Waals surface area (Å²) in [5, 5.41) is 5.22. The van der Waals surface area contributed by atoms with E-state index in [0.717, 1.165) is 6.07 Å². The number of amides is 1. The molecule has 0 bridgehead atoms. The molecule has 2 N–H and O–H groups in total. The normalized spacial score (nSPS) is 19.7. The minimum Gasteiger partial charge on any atom is -0.371 e. The summed E-state index contributed by atoms with van der Waals surface area (Å²) in [7, 11) is 1.50. The van der Waals surface area contributed by atoms with Gasteiger partial charge in [0.1, 0.15) is 6.04 Å². The molecule has 1 unspecified atom stereocenters. The maximum Gasteiger partial charge on any atom is 0.242 e. The molecule has 0 saturated carbocycles. The van der Waals surface area contributed by atoms with Crippen molar-refractivity contribution in [3.63, 3.8) is 0 Å². The van der Waals surface area contributed by atoms with Crippen LogP contribution in [0, 0.1) is 11.6 Å². The summed E-state index contributed by atoms with van der Waals surface area (Å²) in [5.41, 5.74) is 0. The predicted octanol–water partition coefficient (Wildman–Crippen LogP) is 0.726. The molecule has 1 amide bonds. The number of hydrogen-bond donors (Lipinski definition) is 2. The number of hydrogen-bond acceptors (Lipinski definition) is 4. The zero-order valence-corrected chi connectivity index (χ0v) is 10.1. The molecule has 0 aliphatic carbocycles. The average Bonchev–Trinajstić information content (AvgIpc) is 2.34. The Kier molecular flexibility index (Phi) is 3.31. The monoisotopic (exact) mass is 256 g/mol. The van der Waals surface area contributed by atoms with Crippen LogP contribution < -0.4 is 15.5 Å². The molecule has 18 heavy (non-hydrogen) atoms. The van der Waals surface area contributed by atoms with Crippen LogP contribution in [0.2, 0.25) is 0 Å². The molecule has 0 spiro atoms. The van der Waals surface area contributed by atoms with E-state index in [-0.39, 0.29) is 17.5 Å². The maximum absolute atomic E-state index is 13.7. The topological polar surface area (TPSA) is 57.3 Å². The summed E-state index contributed by atoms with van der Waals surface area (Å²) >= 11 is 0.